The van der Waals surface area contributed by atoms with Gasteiger partial charge in [-0.2, -0.15) is 5.10 Å². The van der Waals surface area contributed by atoms with Crippen LogP contribution in [0.2, 0.25) is 0 Å². The first kappa shape index (κ1) is 20.4. The molecule has 0 spiro atoms. The van der Waals surface area contributed by atoms with Crippen molar-refractivity contribution in [2.75, 3.05) is 0 Å². The van der Waals surface area contributed by atoms with Crippen molar-refractivity contribution in [3.8, 4) is 0 Å². The van der Waals surface area contributed by atoms with Crippen molar-refractivity contribution in [1.29, 1.82) is 0 Å². The second-order valence-electron chi connectivity index (χ2n) is 6.95. The van der Waals surface area contributed by atoms with E-state index in [-0.39, 0.29) is 28.0 Å². The van der Waals surface area contributed by atoms with Gasteiger partial charge in [-0.15, -0.1) is 0 Å². The maximum Gasteiger partial charge on any atom is 0.253 e. The number of sulfone groups is 1. The van der Waals surface area contributed by atoms with E-state index in [1.807, 2.05) is 0 Å². The van der Waals surface area contributed by atoms with Gasteiger partial charge in [0.1, 0.15) is 0 Å². The van der Waals surface area contributed by atoms with E-state index in [1.165, 1.54) is 37.4 Å². The third-order valence-electron chi connectivity index (χ3n) is 4.79. The fraction of sp³-hybridized carbons (Fsp3) is 0.0909. The third kappa shape index (κ3) is 4.22. The number of hydrogen-bond donors (Lipinski definition) is 2. The molecule has 0 saturated heterocycles. The fourth-order valence-electron chi connectivity index (χ4n) is 3.05. The molecule has 0 saturated carbocycles. The quantitative estimate of drug-likeness (QED) is 0.450. The molecule has 2 aromatic carbocycles. The van der Waals surface area contributed by atoms with Crippen LogP contribution in [0.4, 0.5) is 0 Å². The van der Waals surface area contributed by atoms with E-state index < -0.39 is 9.84 Å². The lowest BCUT2D eigenvalue weighted by Gasteiger charge is -2.08. The first-order chi connectivity index (χ1) is 14.8. The Morgan fingerprint density at radius 1 is 0.968 bits per heavy atom. The summed E-state index contributed by atoms with van der Waals surface area (Å²) >= 11 is 0. The van der Waals surface area contributed by atoms with Crippen molar-refractivity contribution >= 4 is 32.6 Å². The van der Waals surface area contributed by atoms with E-state index in [1.54, 1.807) is 36.5 Å². The first-order valence-corrected chi connectivity index (χ1v) is 10.9. The predicted molar refractivity (Wildman–Crippen MR) is 113 cm³/mol. The van der Waals surface area contributed by atoms with Gasteiger partial charge in [0.25, 0.3) is 5.91 Å². The molecule has 0 unspecified atom stereocenters. The van der Waals surface area contributed by atoms with E-state index in [2.05, 4.69) is 20.5 Å². The average Bonchev–Trinajstić information content (AvgIpc) is 3.25. The highest BCUT2D eigenvalue weighted by molar-refractivity contribution is 7.91. The number of aromatic nitrogens is 3. The van der Waals surface area contributed by atoms with Gasteiger partial charge in [0.05, 0.1) is 21.6 Å². The lowest BCUT2D eigenvalue weighted by molar-refractivity contribution is 0.0949. The van der Waals surface area contributed by atoms with Gasteiger partial charge < -0.3 is 5.32 Å². The molecule has 31 heavy (non-hydrogen) atoms. The van der Waals surface area contributed by atoms with Crippen molar-refractivity contribution in [3.63, 3.8) is 0 Å². The van der Waals surface area contributed by atoms with Crippen LogP contribution in [0.25, 0.3) is 11.0 Å². The molecule has 4 aromatic rings. The summed E-state index contributed by atoms with van der Waals surface area (Å²) in [5.74, 6) is -0.501. The Hall–Kier alpha value is -3.85. The second kappa shape index (κ2) is 8.11. The molecule has 0 bridgehead atoms. The van der Waals surface area contributed by atoms with Gasteiger partial charge in [-0.1, -0.05) is 24.3 Å². The molecule has 4 rings (SSSR count). The van der Waals surface area contributed by atoms with Crippen LogP contribution in [0.3, 0.4) is 0 Å². The molecular formula is C22H18N4O4S. The topological polar surface area (TPSA) is 122 Å². The zero-order chi connectivity index (χ0) is 22.0. The van der Waals surface area contributed by atoms with Gasteiger partial charge >= 0.3 is 0 Å². The zero-order valence-electron chi connectivity index (χ0n) is 16.5. The summed E-state index contributed by atoms with van der Waals surface area (Å²) in [5, 5.41) is 10.1. The van der Waals surface area contributed by atoms with Crippen molar-refractivity contribution in [1.82, 2.24) is 20.5 Å². The lowest BCUT2D eigenvalue weighted by Crippen LogP contribution is -2.22. The van der Waals surface area contributed by atoms with Gasteiger partial charge in [0, 0.05) is 23.7 Å². The van der Waals surface area contributed by atoms with Crippen LogP contribution in [0.15, 0.2) is 76.8 Å². The number of nitrogens with one attached hydrogen (secondary N) is 2. The van der Waals surface area contributed by atoms with E-state index in [9.17, 15) is 18.0 Å². The van der Waals surface area contributed by atoms with Crippen LogP contribution in [0.1, 0.15) is 33.2 Å². The minimum atomic E-state index is -3.76. The number of carbonyl (C=O) groups is 2. The molecule has 0 radical (unpaired) electrons. The van der Waals surface area contributed by atoms with Gasteiger partial charge in [0.2, 0.25) is 9.84 Å². The minimum Gasteiger partial charge on any atom is -0.348 e. The Morgan fingerprint density at radius 3 is 2.48 bits per heavy atom. The smallest absolute Gasteiger partial charge is 0.253 e. The summed E-state index contributed by atoms with van der Waals surface area (Å²) in [4.78, 5) is 28.2. The fourth-order valence-corrected chi connectivity index (χ4v) is 4.36. The van der Waals surface area contributed by atoms with Gasteiger partial charge in [-0.25, -0.2) is 13.4 Å². The van der Waals surface area contributed by atoms with E-state index >= 15 is 0 Å². The van der Waals surface area contributed by atoms with Crippen LogP contribution in [-0.4, -0.2) is 35.3 Å². The second-order valence-corrected chi connectivity index (χ2v) is 8.90. The average molecular weight is 434 g/mol. The number of pyridine rings is 1. The number of Topliss-reactive ketones (excluding diaryl/α,β-unsaturated/α-hetero) is 1. The molecule has 156 valence electrons. The minimum absolute atomic E-state index is 0.0587. The van der Waals surface area contributed by atoms with Gasteiger partial charge in [-0.3, -0.25) is 14.7 Å². The number of aromatic amines is 1. The molecule has 1 amide bonds. The molecule has 0 aliphatic heterocycles. The summed E-state index contributed by atoms with van der Waals surface area (Å²) < 4.78 is 25.7. The summed E-state index contributed by atoms with van der Waals surface area (Å²) in [7, 11) is -3.76. The van der Waals surface area contributed by atoms with E-state index in [4.69, 9.17) is 0 Å². The summed E-state index contributed by atoms with van der Waals surface area (Å²) in [6, 6.07) is 13.9. The lowest BCUT2D eigenvalue weighted by atomic mass is 10.2. The van der Waals surface area contributed by atoms with Gasteiger partial charge in [0.15, 0.2) is 11.4 Å². The molecule has 2 aromatic heterocycles. The molecule has 2 heterocycles. The Kier molecular flexibility index (Phi) is 5.35. The molecule has 0 aliphatic carbocycles. The maximum absolute atomic E-state index is 12.9. The van der Waals surface area contributed by atoms with Crippen LogP contribution >= 0.6 is 0 Å². The van der Waals surface area contributed by atoms with Crippen LogP contribution < -0.4 is 5.32 Å². The molecular weight excluding hydrogens is 416 g/mol. The molecule has 8 nitrogen and oxygen atoms in total. The highest BCUT2D eigenvalue weighted by atomic mass is 32.2. The van der Waals surface area contributed by atoms with E-state index in [0.29, 0.717) is 16.8 Å². The SMILES string of the molecule is CC(=O)c1cccc(S(=O)(=O)c2ccc(CNC(=O)c3cnc4[nH]ncc4c3)cc2)c1. The monoisotopic (exact) mass is 434 g/mol. The Balaban J connectivity index is 1.47. The standard InChI is InChI=1S/C22H18N4O4S/c1-14(27)16-3-2-4-20(10-16)31(29,30)19-7-5-15(6-8-19)11-24-22(28)18-9-17-13-25-26-21(17)23-12-18/h2-10,12-13H,11H2,1H3,(H,24,28)(H,23,25,26). The van der Waals surface area contributed by atoms with E-state index in [0.717, 1.165) is 10.9 Å². The number of benzene rings is 2. The highest BCUT2D eigenvalue weighted by Gasteiger charge is 2.18. The number of carbonyl (C=O) groups excluding carboxylic acids is 2. The highest BCUT2D eigenvalue weighted by Crippen LogP contribution is 2.22. The third-order valence-corrected chi connectivity index (χ3v) is 6.56. The normalized spacial score (nSPS) is 11.4. The largest absolute Gasteiger partial charge is 0.348 e. The Bertz CT molecular complexity index is 1390. The van der Waals surface area contributed by atoms with Crippen molar-refractivity contribution in [2.24, 2.45) is 0 Å². The molecule has 0 atom stereocenters. The molecule has 2 N–H and O–H groups in total. The molecule has 0 fully saturated rings. The number of amides is 1. The van der Waals surface area contributed by atoms with Crippen LogP contribution in [-0.2, 0) is 16.4 Å². The van der Waals surface area contributed by atoms with Crippen molar-refractivity contribution < 1.29 is 18.0 Å². The molecule has 9 heteroatoms. The molecule has 0 aliphatic rings. The Labute approximate surface area is 178 Å². The van der Waals surface area contributed by atoms with Crippen molar-refractivity contribution in [2.45, 2.75) is 23.3 Å². The first-order valence-electron chi connectivity index (χ1n) is 9.37. The number of nitrogens with zero attached hydrogens (tertiary/aromatic N) is 2. The summed E-state index contributed by atoms with van der Waals surface area (Å²) in [5.41, 5.74) is 2.08. The Morgan fingerprint density at radius 2 is 1.74 bits per heavy atom. The number of rotatable bonds is 6. The van der Waals surface area contributed by atoms with Crippen LogP contribution in [0.5, 0.6) is 0 Å². The number of hydrogen-bond acceptors (Lipinski definition) is 6. The van der Waals surface area contributed by atoms with Crippen molar-refractivity contribution in [3.05, 3.63) is 83.7 Å². The number of ketones is 1. The predicted octanol–water partition coefficient (Wildman–Crippen LogP) is 2.92. The summed E-state index contributed by atoms with van der Waals surface area (Å²) in [6.07, 6.45) is 3.05. The van der Waals surface area contributed by atoms with Gasteiger partial charge in [-0.05, 0) is 42.8 Å². The van der Waals surface area contributed by atoms with Crippen LogP contribution in [0, 0.1) is 0 Å². The zero-order valence-corrected chi connectivity index (χ0v) is 17.3. The number of fused-ring (bicyclic) bond motifs is 1. The summed E-state index contributed by atoms with van der Waals surface area (Å²) in [6.45, 7) is 1.61. The maximum atomic E-state index is 12.9. The number of H-pyrrole nitrogens is 1.